The fourth-order valence-electron chi connectivity index (χ4n) is 6.59. The number of benzene rings is 2. The van der Waals surface area contributed by atoms with Crippen LogP contribution < -0.4 is 5.32 Å². The van der Waals surface area contributed by atoms with Gasteiger partial charge in [-0.2, -0.15) is 0 Å². The number of unbranched alkanes of at least 4 members (excludes halogenated alkanes) is 1. The molecule has 1 aliphatic heterocycles. The van der Waals surface area contributed by atoms with Crippen LogP contribution in [-0.2, 0) is 11.3 Å². The molecule has 2 heterocycles. The number of aryl methyl sites for hydroxylation is 1. The summed E-state index contributed by atoms with van der Waals surface area (Å²) in [5.41, 5.74) is 3.51. The lowest BCUT2D eigenvalue weighted by molar-refractivity contribution is -0.133. The average molecular weight is 591 g/mol. The number of rotatable bonds is 9. The van der Waals surface area contributed by atoms with E-state index >= 15 is 0 Å². The molecule has 5 rings (SSSR count). The zero-order chi connectivity index (χ0) is 30.1. The maximum atomic E-state index is 14.5. The summed E-state index contributed by atoms with van der Waals surface area (Å²) in [6.07, 6.45) is 6.54. The van der Waals surface area contributed by atoms with Gasteiger partial charge in [0.15, 0.2) is 5.82 Å². The highest BCUT2D eigenvalue weighted by atomic mass is 35.5. The Labute approximate surface area is 253 Å². The quantitative estimate of drug-likeness (QED) is 0.247. The number of aromatic nitrogens is 3. The zero-order valence-electron chi connectivity index (χ0n) is 25.4. The zero-order valence-corrected chi connectivity index (χ0v) is 26.1. The Hall–Kier alpha value is -3.39. The van der Waals surface area contributed by atoms with Gasteiger partial charge < -0.3 is 10.2 Å². The summed E-state index contributed by atoms with van der Waals surface area (Å²) in [5, 5.41) is 12.8. The largest absolute Gasteiger partial charge is 0.345 e. The number of hydrogen-bond acceptors (Lipinski definition) is 4. The molecule has 2 aliphatic rings. The molecule has 42 heavy (non-hydrogen) atoms. The van der Waals surface area contributed by atoms with Crippen LogP contribution in [0.3, 0.4) is 0 Å². The molecule has 0 radical (unpaired) electrons. The van der Waals surface area contributed by atoms with E-state index in [1.807, 2.05) is 49.4 Å². The SMILES string of the molecule is CCCC[C@H](c1ccc(C(=O)NCc2n[nH][nH]2)cc1)N1C(=O)C(c2cc(C)cc(Cl)c2)=NC12CCC(C(C)(C)C)CC2. The highest BCUT2D eigenvalue weighted by Crippen LogP contribution is 2.50. The normalized spacial score (nSPS) is 21.6. The first-order valence-corrected chi connectivity index (χ1v) is 15.6. The van der Waals surface area contributed by atoms with Crippen molar-refractivity contribution in [3.05, 3.63) is 75.6 Å². The molecular formula is C33H43ClN6O2. The molecule has 1 aromatic heterocycles. The minimum atomic E-state index is -0.594. The first-order valence-electron chi connectivity index (χ1n) is 15.2. The molecule has 9 heteroatoms. The standard InChI is InChI=1S/C33H43ClN6O2/c1-6-7-8-27(22-9-11-23(12-10-22)30(41)35-20-28-37-39-38-28)40-31(42)29(24-17-21(2)18-26(34)19-24)36-33(40)15-13-25(14-16-33)32(3,4)5/h9-12,17-19,25,27,39H,6-8,13-16,20H2,1-5H3,(H,35,41)(H,37,38)/t25?,27-,33?/m1/s1. The monoisotopic (exact) mass is 590 g/mol. The van der Waals surface area contributed by atoms with Crippen LogP contribution in [0.15, 0.2) is 47.5 Å². The summed E-state index contributed by atoms with van der Waals surface area (Å²) in [4.78, 5) is 34.6. The molecule has 2 aromatic carbocycles. The second-order valence-corrected chi connectivity index (χ2v) is 13.5. The van der Waals surface area contributed by atoms with E-state index in [2.05, 4.69) is 53.3 Å². The first kappa shape index (κ1) is 30.1. The predicted octanol–water partition coefficient (Wildman–Crippen LogP) is 7.13. The molecule has 224 valence electrons. The lowest BCUT2D eigenvalue weighted by Gasteiger charge is -2.47. The van der Waals surface area contributed by atoms with Crippen molar-refractivity contribution in [3.63, 3.8) is 0 Å². The molecule has 0 bridgehead atoms. The van der Waals surface area contributed by atoms with Crippen LogP contribution in [0.25, 0.3) is 0 Å². The van der Waals surface area contributed by atoms with E-state index in [1.165, 1.54) is 0 Å². The van der Waals surface area contributed by atoms with Crippen molar-refractivity contribution < 1.29 is 9.59 Å². The number of H-pyrrole nitrogens is 2. The fraction of sp³-hybridized carbons (Fsp3) is 0.515. The Morgan fingerprint density at radius 1 is 1.17 bits per heavy atom. The number of amides is 2. The van der Waals surface area contributed by atoms with Crippen molar-refractivity contribution in [1.82, 2.24) is 25.6 Å². The highest BCUT2D eigenvalue weighted by Gasteiger charge is 2.52. The van der Waals surface area contributed by atoms with E-state index in [0.29, 0.717) is 34.6 Å². The minimum absolute atomic E-state index is 0.0313. The smallest absolute Gasteiger partial charge is 0.275 e. The second kappa shape index (κ2) is 12.1. The average Bonchev–Trinajstić information content (AvgIpc) is 3.19. The van der Waals surface area contributed by atoms with Gasteiger partial charge in [-0.15, -0.1) is 5.10 Å². The summed E-state index contributed by atoms with van der Waals surface area (Å²) in [5.74, 6) is 1.07. The summed E-state index contributed by atoms with van der Waals surface area (Å²) in [7, 11) is 0. The van der Waals surface area contributed by atoms with E-state index in [0.717, 1.165) is 61.6 Å². The van der Waals surface area contributed by atoms with Gasteiger partial charge in [0.2, 0.25) is 0 Å². The van der Waals surface area contributed by atoms with Gasteiger partial charge in [0.25, 0.3) is 11.8 Å². The number of carbonyl (C=O) groups is 2. The highest BCUT2D eigenvalue weighted by molar-refractivity contribution is 6.47. The number of carbonyl (C=O) groups excluding carboxylic acids is 2. The van der Waals surface area contributed by atoms with Crippen LogP contribution in [0.5, 0.6) is 0 Å². The Morgan fingerprint density at radius 3 is 2.43 bits per heavy atom. The van der Waals surface area contributed by atoms with Crippen LogP contribution >= 0.6 is 11.6 Å². The molecule has 3 N–H and O–H groups in total. The molecule has 1 fully saturated rings. The maximum absolute atomic E-state index is 14.5. The van der Waals surface area contributed by atoms with E-state index in [-0.39, 0.29) is 23.3 Å². The van der Waals surface area contributed by atoms with E-state index in [4.69, 9.17) is 16.6 Å². The third-order valence-electron chi connectivity index (χ3n) is 9.02. The Balaban J connectivity index is 1.49. The summed E-state index contributed by atoms with van der Waals surface area (Å²) >= 11 is 6.45. The number of nitrogens with one attached hydrogen (secondary N) is 3. The number of aliphatic imine (C=N–C) groups is 1. The van der Waals surface area contributed by atoms with Crippen LogP contribution in [0, 0.1) is 18.3 Å². The van der Waals surface area contributed by atoms with Gasteiger partial charge in [-0.05, 0) is 91.8 Å². The molecule has 2 amide bonds. The van der Waals surface area contributed by atoms with Crippen molar-refractivity contribution in [2.45, 2.75) is 97.8 Å². The molecule has 1 aliphatic carbocycles. The Morgan fingerprint density at radius 2 is 1.86 bits per heavy atom. The number of nitrogens with zero attached hydrogens (tertiary/aromatic N) is 3. The first-order chi connectivity index (χ1) is 20.0. The van der Waals surface area contributed by atoms with E-state index in [1.54, 1.807) is 0 Å². The van der Waals surface area contributed by atoms with Crippen molar-refractivity contribution in [3.8, 4) is 0 Å². The van der Waals surface area contributed by atoms with Crippen LogP contribution in [0.4, 0.5) is 0 Å². The summed E-state index contributed by atoms with van der Waals surface area (Å²) in [6, 6.07) is 13.3. The maximum Gasteiger partial charge on any atom is 0.275 e. The van der Waals surface area contributed by atoms with Gasteiger partial charge in [0.05, 0.1) is 12.6 Å². The number of halogens is 1. The van der Waals surface area contributed by atoms with Crippen LogP contribution in [0.1, 0.15) is 112 Å². The van der Waals surface area contributed by atoms with E-state index < -0.39 is 5.66 Å². The van der Waals surface area contributed by atoms with Crippen LogP contribution in [0.2, 0.25) is 5.02 Å². The minimum Gasteiger partial charge on any atom is -0.345 e. The van der Waals surface area contributed by atoms with Gasteiger partial charge in [-0.25, -0.2) is 5.21 Å². The molecule has 0 unspecified atom stereocenters. The molecule has 8 nitrogen and oxygen atoms in total. The summed E-state index contributed by atoms with van der Waals surface area (Å²) in [6.45, 7) is 11.4. The van der Waals surface area contributed by atoms with Crippen LogP contribution in [-0.4, -0.2) is 43.5 Å². The van der Waals surface area contributed by atoms with Gasteiger partial charge in [0.1, 0.15) is 11.4 Å². The van der Waals surface area contributed by atoms with Crippen molar-refractivity contribution in [2.24, 2.45) is 16.3 Å². The Bertz CT molecular complexity index is 1410. The predicted molar refractivity (Wildman–Crippen MR) is 167 cm³/mol. The molecular weight excluding hydrogens is 548 g/mol. The number of hydrogen-bond donors (Lipinski definition) is 3. The van der Waals surface area contributed by atoms with Crippen molar-refractivity contribution in [1.29, 1.82) is 0 Å². The molecule has 1 spiro atoms. The molecule has 1 atom stereocenters. The van der Waals surface area contributed by atoms with Crippen molar-refractivity contribution >= 4 is 29.1 Å². The molecule has 1 saturated carbocycles. The summed E-state index contributed by atoms with van der Waals surface area (Å²) < 4.78 is 0. The van der Waals surface area contributed by atoms with E-state index in [9.17, 15) is 9.59 Å². The number of aromatic amines is 2. The lowest BCUT2D eigenvalue weighted by atomic mass is 9.69. The third kappa shape index (κ3) is 6.19. The molecule has 3 aromatic rings. The molecule has 0 saturated heterocycles. The van der Waals surface area contributed by atoms with Gasteiger partial charge in [-0.1, -0.05) is 64.3 Å². The topological polar surface area (TPSA) is 106 Å². The lowest BCUT2D eigenvalue weighted by Crippen LogP contribution is -2.51. The van der Waals surface area contributed by atoms with Crippen molar-refractivity contribution in [2.75, 3.05) is 0 Å². The third-order valence-corrected chi connectivity index (χ3v) is 9.24. The second-order valence-electron chi connectivity index (χ2n) is 13.0. The fourth-order valence-corrected chi connectivity index (χ4v) is 6.88. The van der Waals surface area contributed by atoms with Gasteiger partial charge in [0, 0.05) is 16.1 Å². The Kier molecular flexibility index (Phi) is 8.65. The van der Waals surface area contributed by atoms with Gasteiger partial charge in [-0.3, -0.25) is 19.7 Å². The van der Waals surface area contributed by atoms with Gasteiger partial charge >= 0.3 is 0 Å².